The second kappa shape index (κ2) is 7.36. The van der Waals surface area contributed by atoms with Crippen LogP contribution in [0.2, 0.25) is 5.02 Å². The van der Waals surface area contributed by atoms with Crippen LogP contribution in [0.3, 0.4) is 0 Å². The molecule has 144 valence electrons. The van der Waals surface area contributed by atoms with E-state index in [1.807, 2.05) is 43.3 Å². The molecule has 1 spiro atoms. The van der Waals surface area contributed by atoms with E-state index in [1.165, 1.54) is 0 Å². The number of ether oxygens (including phenoxy) is 1. The lowest BCUT2D eigenvalue weighted by atomic mass is 9.68. The zero-order valence-corrected chi connectivity index (χ0v) is 18.3. The molecule has 2 aromatic rings. The highest BCUT2D eigenvalue weighted by Crippen LogP contribution is 2.65. The summed E-state index contributed by atoms with van der Waals surface area (Å²) >= 11 is 31.5. The highest BCUT2D eigenvalue weighted by molar-refractivity contribution is 6.61. The molecule has 2 unspecified atom stereocenters. The summed E-state index contributed by atoms with van der Waals surface area (Å²) in [5.41, 5.74) is 1.66. The number of halogens is 5. The van der Waals surface area contributed by atoms with Crippen LogP contribution in [0.15, 0.2) is 68.7 Å². The third-order valence-electron chi connectivity index (χ3n) is 5.12. The second-order valence-electron chi connectivity index (χ2n) is 6.80. The van der Waals surface area contributed by atoms with E-state index in [9.17, 15) is 4.79 Å². The van der Waals surface area contributed by atoms with E-state index < -0.39 is 11.4 Å². The highest BCUT2D eigenvalue weighted by Gasteiger charge is 2.64. The third kappa shape index (κ3) is 2.94. The molecule has 1 heterocycles. The van der Waals surface area contributed by atoms with Crippen LogP contribution in [0.25, 0.3) is 0 Å². The largest absolute Gasteiger partial charge is 0.354 e. The van der Waals surface area contributed by atoms with Gasteiger partial charge in [0, 0.05) is 5.02 Å². The summed E-state index contributed by atoms with van der Waals surface area (Å²) in [6.07, 6.45) is -0.355. The molecule has 0 radical (unpaired) electrons. The maximum Gasteiger partial charge on any atom is 0.218 e. The van der Waals surface area contributed by atoms with Gasteiger partial charge in [0.1, 0.15) is 10.1 Å². The summed E-state index contributed by atoms with van der Waals surface area (Å²) in [5, 5.41) is 0.312. The Morgan fingerprint density at radius 2 is 1.29 bits per heavy atom. The van der Waals surface area contributed by atoms with Crippen molar-refractivity contribution in [2.45, 2.75) is 24.5 Å². The van der Waals surface area contributed by atoms with Gasteiger partial charge in [0.15, 0.2) is 5.60 Å². The van der Waals surface area contributed by atoms with Crippen LogP contribution < -0.4 is 0 Å². The minimum atomic E-state index is -1.31. The molecule has 28 heavy (non-hydrogen) atoms. The summed E-state index contributed by atoms with van der Waals surface area (Å²) in [6.45, 7) is 2.01. The SMILES string of the molecule is Cc1ccc(C2OC3(C(Cl)=C(Cl)C(=O)C(Cl)=C3Cl)C2c2ccc(Cl)cc2)cc1. The van der Waals surface area contributed by atoms with E-state index in [4.69, 9.17) is 62.7 Å². The molecule has 2 nitrogen and oxygen atoms in total. The number of hydrogen-bond acceptors (Lipinski definition) is 2. The van der Waals surface area contributed by atoms with Gasteiger partial charge in [-0.05, 0) is 30.2 Å². The first-order valence-electron chi connectivity index (χ1n) is 8.43. The van der Waals surface area contributed by atoms with Gasteiger partial charge in [0.05, 0.1) is 22.1 Å². The minimum Gasteiger partial charge on any atom is -0.354 e. The van der Waals surface area contributed by atoms with Crippen molar-refractivity contribution < 1.29 is 9.53 Å². The predicted molar refractivity (Wildman–Crippen MR) is 114 cm³/mol. The smallest absolute Gasteiger partial charge is 0.218 e. The molecule has 2 atom stereocenters. The molecule has 1 saturated heterocycles. The number of carbonyl (C=O) groups excluding carboxylic acids is 1. The molecule has 0 bridgehead atoms. The van der Waals surface area contributed by atoms with E-state index in [-0.39, 0.29) is 32.2 Å². The van der Waals surface area contributed by atoms with Crippen LogP contribution >= 0.6 is 58.0 Å². The molecule has 2 aliphatic rings. The van der Waals surface area contributed by atoms with Crippen molar-refractivity contribution in [3.8, 4) is 0 Å². The molecule has 7 heteroatoms. The maximum atomic E-state index is 12.2. The third-order valence-corrected chi connectivity index (χ3v) is 7.23. The van der Waals surface area contributed by atoms with Crippen molar-refractivity contribution in [2.24, 2.45) is 0 Å². The Bertz CT molecular complexity index is 994. The molecule has 1 aliphatic carbocycles. The zero-order valence-electron chi connectivity index (χ0n) is 14.5. The number of ketones is 1. The van der Waals surface area contributed by atoms with Gasteiger partial charge in [0.2, 0.25) is 5.78 Å². The quantitative estimate of drug-likeness (QED) is 0.460. The van der Waals surface area contributed by atoms with Crippen molar-refractivity contribution in [3.05, 3.63) is 90.4 Å². The van der Waals surface area contributed by atoms with Gasteiger partial charge in [-0.3, -0.25) is 4.79 Å². The fourth-order valence-corrected chi connectivity index (χ4v) is 5.05. The first kappa shape index (κ1) is 20.3. The van der Waals surface area contributed by atoms with Crippen LogP contribution in [0, 0.1) is 6.92 Å². The summed E-state index contributed by atoms with van der Waals surface area (Å²) < 4.78 is 6.27. The summed E-state index contributed by atoms with van der Waals surface area (Å²) in [6, 6.07) is 15.3. The molecule has 0 saturated carbocycles. The Hall–Kier alpha value is -1.00. The summed E-state index contributed by atoms with van der Waals surface area (Å²) in [5.74, 6) is -0.954. The fourth-order valence-electron chi connectivity index (χ4n) is 3.67. The van der Waals surface area contributed by atoms with E-state index in [0.29, 0.717) is 5.02 Å². The minimum absolute atomic E-state index is 0.0388. The number of aryl methyl sites for hydroxylation is 1. The fraction of sp³-hybridized carbons (Fsp3) is 0.190. The standard InChI is InChI=1S/C21H13Cl5O2/c1-10-2-4-12(5-3-10)18-14(11-6-8-13(22)9-7-11)21(28-18)19(25)15(23)17(27)16(24)20(21)26/h2-9,14,18H,1H3. The van der Waals surface area contributed by atoms with Crippen LogP contribution in [-0.4, -0.2) is 11.4 Å². The van der Waals surface area contributed by atoms with E-state index in [0.717, 1.165) is 16.7 Å². The van der Waals surface area contributed by atoms with E-state index >= 15 is 0 Å². The topological polar surface area (TPSA) is 26.3 Å². The molecule has 0 amide bonds. The van der Waals surface area contributed by atoms with E-state index in [2.05, 4.69) is 0 Å². The monoisotopic (exact) mass is 472 g/mol. The summed E-state index contributed by atoms with van der Waals surface area (Å²) in [4.78, 5) is 12.2. The lowest BCUT2D eigenvalue weighted by molar-refractivity contribution is -0.183. The van der Waals surface area contributed by atoms with Gasteiger partial charge in [-0.2, -0.15) is 0 Å². The maximum absolute atomic E-state index is 12.2. The number of hydrogen-bond donors (Lipinski definition) is 0. The van der Waals surface area contributed by atoms with Crippen molar-refractivity contribution in [1.29, 1.82) is 0 Å². The number of rotatable bonds is 2. The molecule has 0 aromatic heterocycles. The van der Waals surface area contributed by atoms with Crippen LogP contribution in [0.1, 0.15) is 28.7 Å². The molecule has 4 rings (SSSR count). The molecular weight excluding hydrogens is 461 g/mol. The normalized spacial score (nSPS) is 24.0. The van der Waals surface area contributed by atoms with Crippen molar-refractivity contribution in [2.75, 3.05) is 0 Å². The second-order valence-corrected chi connectivity index (χ2v) is 8.75. The molecule has 2 aromatic carbocycles. The number of allylic oxidation sites excluding steroid dienone is 2. The average Bonchev–Trinajstić information content (AvgIpc) is 2.67. The lowest BCUT2D eigenvalue weighted by Crippen LogP contribution is -2.56. The molecule has 1 fully saturated rings. The zero-order chi connectivity index (χ0) is 20.2. The average molecular weight is 475 g/mol. The van der Waals surface area contributed by atoms with Crippen molar-refractivity contribution in [3.63, 3.8) is 0 Å². The van der Waals surface area contributed by atoms with Gasteiger partial charge >= 0.3 is 0 Å². The van der Waals surface area contributed by atoms with Gasteiger partial charge in [-0.25, -0.2) is 0 Å². The molecular formula is C21H13Cl5O2. The Labute approximate surface area is 187 Å². The van der Waals surface area contributed by atoms with Gasteiger partial charge in [-0.15, -0.1) is 0 Å². The van der Waals surface area contributed by atoms with Crippen molar-refractivity contribution in [1.82, 2.24) is 0 Å². The van der Waals surface area contributed by atoms with Crippen LogP contribution in [0.5, 0.6) is 0 Å². The number of carbonyl (C=O) groups is 1. The van der Waals surface area contributed by atoms with Gasteiger partial charge < -0.3 is 4.74 Å². The molecule has 1 aliphatic heterocycles. The Morgan fingerprint density at radius 1 is 0.786 bits per heavy atom. The Morgan fingerprint density at radius 3 is 1.82 bits per heavy atom. The van der Waals surface area contributed by atoms with Gasteiger partial charge in [-0.1, -0.05) is 100.0 Å². The Balaban J connectivity index is 1.89. The van der Waals surface area contributed by atoms with Crippen LogP contribution in [0.4, 0.5) is 0 Å². The van der Waals surface area contributed by atoms with E-state index in [1.54, 1.807) is 12.1 Å². The number of Topliss-reactive ketones (excluding diaryl/α,β-unsaturated/α-hetero) is 1. The van der Waals surface area contributed by atoms with Crippen molar-refractivity contribution >= 4 is 63.8 Å². The summed E-state index contributed by atoms with van der Waals surface area (Å²) in [7, 11) is 0. The number of benzene rings is 2. The predicted octanol–water partition coefficient (Wildman–Crippen LogP) is 7.20. The Kier molecular flexibility index (Phi) is 5.33. The lowest BCUT2D eigenvalue weighted by Gasteiger charge is -2.56. The van der Waals surface area contributed by atoms with Gasteiger partial charge in [0.25, 0.3) is 0 Å². The first-order chi connectivity index (χ1) is 13.3. The first-order valence-corrected chi connectivity index (χ1v) is 10.3. The van der Waals surface area contributed by atoms with Crippen LogP contribution in [-0.2, 0) is 9.53 Å². The molecule has 0 N–H and O–H groups in total. The highest BCUT2D eigenvalue weighted by atomic mass is 35.5.